The molecule has 0 saturated carbocycles. The molecule has 0 aliphatic heterocycles. The second kappa shape index (κ2) is 12.4. The van der Waals surface area contributed by atoms with E-state index in [0.717, 1.165) is 0 Å². The van der Waals surface area contributed by atoms with Crippen molar-refractivity contribution in [2.24, 2.45) is 0 Å². The Hall–Kier alpha value is -4.62. The van der Waals surface area contributed by atoms with Crippen LogP contribution in [0.3, 0.4) is 0 Å². The largest absolute Gasteiger partial charge is 0.241 e. The maximum atomic E-state index is 2.24. The summed E-state index contributed by atoms with van der Waals surface area (Å²) >= 11 is 0. The van der Waals surface area contributed by atoms with Gasteiger partial charge in [0.2, 0.25) is 6.71 Å². The molecule has 1 heteroatoms. The molecular formula is C36H29B. The predicted octanol–water partition coefficient (Wildman–Crippen LogP) is 7.22. The molecule has 6 aromatic rings. The second-order valence-corrected chi connectivity index (χ2v) is 8.98. The number of hydrogen-bond donors (Lipinski definition) is 0. The maximum Gasteiger partial charge on any atom is 0.241 e. The summed E-state index contributed by atoms with van der Waals surface area (Å²) in [5.74, 6) is 0. The molecule has 0 N–H and O–H groups in total. The molecule has 176 valence electrons. The van der Waals surface area contributed by atoms with Gasteiger partial charge in [-0.2, -0.15) is 0 Å². The highest BCUT2D eigenvalue weighted by atomic mass is 14.0. The molecular weight excluding hydrogens is 443 g/mol. The van der Waals surface area contributed by atoms with E-state index in [1.165, 1.54) is 38.6 Å². The normalized spacial score (nSPS) is 10.2. The van der Waals surface area contributed by atoms with Crippen LogP contribution < -0.4 is 16.4 Å². The molecule has 0 heterocycles. The summed E-state index contributed by atoms with van der Waals surface area (Å²) in [5.41, 5.74) is 9.04. The molecule has 0 fully saturated rings. The van der Waals surface area contributed by atoms with E-state index in [9.17, 15) is 0 Å². The van der Waals surface area contributed by atoms with Crippen LogP contribution in [-0.2, 0) is 0 Å². The molecule has 0 atom stereocenters. The van der Waals surface area contributed by atoms with Crippen LogP contribution in [0.1, 0.15) is 0 Å². The Kier molecular flexibility index (Phi) is 8.06. The first-order valence-corrected chi connectivity index (χ1v) is 12.7. The summed E-state index contributed by atoms with van der Waals surface area (Å²) in [4.78, 5) is 0. The quantitative estimate of drug-likeness (QED) is 0.232. The Balaban J connectivity index is 0.000000152. The van der Waals surface area contributed by atoms with Gasteiger partial charge in [0.1, 0.15) is 0 Å². The Labute approximate surface area is 221 Å². The van der Waals surface area contributed by atoms with Crippen molar-refractivity contribution < 1.29 is 0 Å². The minimum atomic E-state index is 0.309. The number of hydrogen-bond acceptors (Lipinski definition) is 0. The lowest BCUT2D eigenvalue weighted by Gasteiger charge is -2.15. The van der Waals surface area contributed by atoms with Gasteiger partial charge in [-0.15, -0.1) is 0 Å². The van der Waals surface area contributed by atoms with Gasteiger partial charge in [0.25, 0.3) is 0 Å². The van der Waals surface area contributed by atoms with Gasteiger partial charge in [-0.25, -0.2) is 0 Å². The van der Waals surface area contributed by atoms with Crippen molar-refractivity contribution in [3.8, 4) is 22.3 Å². The fraction of sp³-hybridized carbons (Fsp3) is 0. The van der Waals surface area contributed by atoms with Gasteiger partial charge in [0.05, 0.1) is 0 Å². The zero-order valence-corrected chi connectivity index (χ0v) is 20.8. The van der Waals surface area contributed by atoms with Gasteiger partial charge in [-0.3, -0.25) is 0 Å². The zero-order valence-electron chi connectivity index (χ0n) is 20.8. The first kappa shape index (κ1) is 24.1. The lowest BCUT2D eigenvalue weighted by molar-refractivity contribution is 1.59. The number of rotatable bonds is 5. The fourth-order valence-corrected chi connectivity index (χ4v) is 4.65. The van der Waals surface area contributed by atoms with Crippen LogP contribution in [0, 0.1) is 0 Å². The molecule has 0 aromatic heterocycles. The highest BCUT2D eigenvalue weighted by Gasteiger charge is 2.20. The van der Waals surface area contributed by atoms with Crippen LogP contribution in [0.4, 0.5) is 0 Å². The van der Waals surface area contributed by atoms with Crippen LogP contribution >= 0.6 is 0 Å². The fourth-order valence-electron chi connectivity index (χ4n) is 4.65. The summed E-state index contributed by atoms with van der Waals surface area (Å²) in [6.07, 6.45) is 0. The van der Waals surface area contributed by atoms with Crippen LogP contribution in [0.2, 0.25) is 0 Å². The lowest BCUT2D eigenvalue weighted by atomic mass is 9.37. The molecule has 6 rings (SSSR count). The van der Waals surface area contributed by atoms with Crippen LogP contribution in [0.25, 0.3) is 22.3 Å². The molecule has 0 amide bonds. The lowest BCUT2D eigenvalue weighted by Crippen LogP contribution is -2.51. The summed E-state index contributed by atoms with van der Waals surface area (Å²) in [6.45, 7) is 0.309. The third kappa shape index (κ3) is 6.34. The number of benzene rings is 6. The Morgan fingerprint density at radius 1 is 0.243 bits per heavy atom. The van der Waals surface area contributed by atoms with Crippen LogP contribution in [-0.4, -0.2) is 6.71 Å². The standard InChI is InChI=1S/C18H15B.C18H14/c1-4-10-16(11-5-1)19(17-12-6-2-7-13-17)18-14-8-3-9-15-18;1-3-8-15(9-4-1)17-12-7-13-18(14-17)16-10-5-2-6-11-16/h1-15H;1-14H. The third-order valence-corrected chi connectivity index (χ3v) is 6.48. The molecule has 0 spiro atoms. The molecule has 0 radical (unpaired) electrons. The van der Waals surface area contributed by atoms with E-state index in [2.05, 4.69) is 164 Å². The molecule has 0 unspecified atom stereocenters. The molecule has 6 aromatic carbocycles. The predicted molar refractivity (Wildman–Crippen MR) is 161 cm³/mol. The molecule has 0 saturated heterocycles. The second-order valence-electron chi connectivity index (χ2n) is 8.98. The first-order valence-electron chi connectivity index (χ1n) is 12.7. The van der Waals surface area contributed by atoms with E-state index in [1.807, 2.05) is 12.1 Å². The average Bonchev–Trinajstić information content (AvgIpc) is 3.00. The minimum absolute atomic E-state index is 0.309. The van der Waals surface area contributed by atoms with E-state index in [0.29, 0.717) is 6.71 Å². The summed E-state index contributed by atoms with van der Waals surface area (Å²) < 4.78 is 0. The van der Waals surface area contributed by atoms with Gasteiger partial charge >= 0.3 is 0 Å². The van der Waals surface area contributed by atoms with Gasteiger partial charge in [-0.05, 0) is 28.3 Å². The topological polar surface area (TPSA) is 0 Å². The van der Waals surface area contributed by atoms with Crippen molar-refractivity contribution in [3.05, 3.63) is 176 Å². The van der Waals surface area contributed by atoms with E-state index in [1.54, 1.807) is 0 Å². The molecule has 37 heavy (non-hydrogen) atoms. The Morgan fingerprint density at radius 3 is 0.838 bits per heavy atom. The van der Waals surface area contributed by atoms with E-state index < -0.39 is 0 Å². The highest BCUT2D eigenvalue weighted by Crippen LogP contribution is 2.25. The third-order valence-electron chi connectivity index (χ3n) is 6.48. The summed E-state index contributed by atoms with van der Waals surface area (Å²) in [6, 6.07) is 61.7. The maximum absolute atomic E-state index is 2.24. The van der Waals surface area contributed by atoms with Gasteiger partial charge in [0.15, 0.2) is 0 Å². The van der Waals surface area contributed by atoms with Crippen LogP contribution in [0.5, 0.6) is 0 Å². The SMILES string of the molecule is c1ccc(-c2cccc(-c3ccccc3)c2)cc1.c1ccc(B(c2ccccc2)c2ccccc2)cc1. The minimum Gasteiger partial charge on any atom is -0.0687 e. The zero-order chi connectivity index (χ0) is 25.1. The Bertz CT molecular complexity index is 1330. The smallest absolute Gasteiger partial charge is 0.0687 e. The molecule has 0 nitrogen and oxygen atoms in total. The van der Waals surface area contributed by atoms with Crippen molar-refractivity contribution in [2.45, 2.75) is 0 Å². The van der Waals surface area contributed by atoms with Gasteiger partial charge in [0, 0.05) is 0 Å². The Morgan fingerprint density at radius 2 is 0.514 bits per heavy atom. The van der Waals surface area contributed by atoms with Crippen molar-refractivity contribution in [1.82, 2.24) is 0 Å². The van der Waals surface area contributed by atoms with Crippen molar-refractivity contribution in [3.63, 3.8) is 0 Å². The molecule has 0 bridgehead atoms. The van der Waals surface area contributed by atoms with Gasteiger partial charge < -0.3 is 0 Å². The van der Waals surface area contributed by atoms with Crippen molar-refractivity contribution in [2.75, 3.05) is 0 Å². The molecule has 0 aliphatic carbocycles. The van der Waals surface area contributed by atoms with E-state index in [4.69, 9.17) is 0 Å². The highest BCUT2D eigenvalue weighted by molar-refractivity contribution is 6.95. The summed E-state index contributed by atoms with van der Waals surface area (Å²) in [5, 5.41) is 0. The van der Waals surface area contributed by atoms with Gasteiger partial charge in [-0.1, -0.05) is 186 Å². The van der Waals surface area contributed by atoms with Crippen molar-refractivity contribution in [1.29, 1.82) is 0 Å². The molecule has 0 aliphatic rings. The van der Waals surface area contributed by atoms with Crippen molar-refractivity contribution >= 4 is 23.1 Å². The average molecular weight is 472 g/mol. The van der Waals surface area contributed by atoms with E-state index >= 15 is 0 Å². The first-order chi connectivity index (χ1) is 18.4. The van der Waals surface area contributed by atoms with Crippen LogP contribution in [0.15, 0.2) is 176 Å². The summed E-state index contributed by atoms with van der Waals surface area (Å²) in [7, 11) is 0. The van der Waals surface area contributed by atoms with E-state index in [-0.39, 0.29) is 0 Å². The monoisotopic (exact) mass is 472 g/mol.